The summed E-state index contributed by atoms with van der Waals surface area (Å²) in [4.78, 5) is 10.8. The zero-order valence-electron chi connectivity index (χ0n) is 9.69. The Hall–Kier alpha value is -0.620. The molecule has 0 saturated carbocycles. The van der Waals surface area contributed by atoms with Crippen LogP contribution < -0.4 is 5.32 Å². The van der Waals surface area contributed by atoms with Crippen molar-refractivity contribution in [3.63, 3.8) is 0 Å². The van der Waals surface area contributed by atoms with Gasteiger partial charge in [0, 0.05) is 6.04 Å². The van der Waals surface area contributed by atoms with Gasteiger partial charge in [0.05, 0.1) is 16.9 Å². The third kappa shape index (κ3) is 3.75. The van der Waals surface area contributed by atoms with Crippen LogP contribution in [-0.4, -0.2) is 43.6 Å². The van der Waals surface area contributed by atoms with Crippen molar-refractivity contribution in [1.82, 2.24) is 5.32 Å². The number of nitrogens with one attached hydrogen (secondary N) is 1. The summed E-state index contributed by atoms with van der Waals surface area (Å²) in [5.74, 6) is -0.402. The Labute approximate surface area is 96.1 Å². The van der Waals surface area contributed by atoms with Crippen LogP contribution in [0.3, 0.4) is 0 Å². The van der Waals surface area contributed by atoms with Crippen molar-refractivity contribution in [2.45, 2.75) is 32.7 Å². The van der Waals surface area contributed by atoms with E-state index in [1.807, 2.05) is 0 Å². The average Bonchev–Trinajstić information content (AvgIpc) is 2.45. The molecule has 1 atom stereocenters. The van der Waals surface area contributed by atoms with Crippen LogP contribution in [0.2, 0.25) is 0 Å². The third-order valence-electron chi connectivity index (χ3n) is 2.99. The molecule has 0 spiro atoms. The van der Waals surface area contributed by atoms with E-state index in [-0.39, 0.29) is 17.5 Å². The fourth-order valence-corrected chi connectivity index (χ4v) is 3.36. The summed E-state index contributed by atoms with van der Waals surface area (Å²) < 4.78 is 22.4. The minimum atomic E-state index is -2.86. The molecule has 2 N–H and O–H groups in total. The molecule has 0 aromatic carbocycles. The number of aliphatic carboxylic acids is 1. The summed E-state index contributed by atoms with van der Waals surface area (Å²) in [6.45, 7) is 3.88. The molecule has 0 bridgehead atoms. The summed E-state index contributed by atoms with van der Waals surface area (Å²) >= 11 is 0. The maximum Gasteiger partial charge on any atom is 0.309 e. The fraction of sp³-hybridized carbons (Fsp3) is 0.900. The van der Waals surface area contributed by atoms with Crippen LogP contribution >= 0.6 is 0 Å². The second-order valence-electron chi connectivity index (χ2n) is 4.99. The van der Waals surface area contributed by atoms with Gasteiger partial charge in [-0.15, -0.1) is 0 Å². The molecule has 94 valence electrons. The SMILES string of the molecule is CC(C)(CCNC1CCS(=O)(=O)C1)C(=O)O. The predicted octanol–water partition coefficient (Wildman–Crippen LogP) is 0.264. The van der Waals surface area contributed by atoms with Crippen molar-refractivity contribution in [3.8, 4) is 0 Å². The van der Waals surface area contributed by atoms with Gasteiger partial charge < -0.3 is 10.4 Å². The van der Waals surface area contributed by atoms with Crippen LogP contribution in [0.1, 0.15) is 26.7 Å². The minimum Gasteiger partial charge on any atom is -0.481 e. The van der Waals surface area contributed by atoms with E-state index in [0.717, 1.165) is 0 Å². The molecule has 6 heteroatoms. The van der Waals surface area contributed by atoms with E-state index >= 15 is 0 Å². The highest BCUT2D eigenvalue weighted by molar-refractivity contribution is 7.91. The quantitative estimate of drug-likeness (QED) is 0.730. The minimum absolute atomic E-state index is 0.00500. The Morgan fingerprint density at radius 1 is 1.50 bits per heavy atom. The molecule has 0 amide bonds. The second-order valence-corrected chi connectivity index (χ2v) is 7.22. The van der Waals surface area contributed by atoms with E-state index in [0.29, 0.717) is 19.4 Å². The number of sulfone groups is 1. The first-order valence-corrected chi connectivity index (χ1v) is 7.22. The lowest BCUT2D eigenvalue weighted by Crippen LogP contribution is -2.35. The maximum absolute atomic E-state index is 11.2. The first-order chi connectivity index (χ1) is 7.23. The van der Waals surface area contributed by atoms with E-state index in [9.17, 15) is 13.2 Å². The summed E-state index contributed by atoms with van der Waals surface area (Å²) in [5.41, 5.74) is -0.759. The standard InChI is InChI=1S/C10H19NO4S/c1-10(2,9(12)13)4-5-11-8-3-6-16(14,15)7-8/h8,11H,3-7H2,1-2H3,(H,12,13). The van der Waals surface area contributed by atoms with E-state index in [1.165, 1.54) is 0 Å². The van der Waals surface area contributed by atoms with Crippen molar-refractivity contribution in [1.29, 1.82) is 0 Å². The van der Waals surface area contributed by atoms with Crippen molar-refractivity contribution in [2.75, 3.05) is 18.1 Å². The van der Waals surface area contributed by atoms with Crippen LogP contribution in [0.15, 0.2) is 0 Å². The van der Waals surface area contributed by atoms with Crippen molar-refractivity contribution in [2.24, 2.45) is 5.41 Å². The summed E-state index contributed by atoms with van der Waals surface area (Å²) in [6.07, 6.45) is 1.13. The highest BCUT2D eigenvalue weighted by Gasteiger charge is 2.29. The van der Waals surface area contributed by atoms with Gasteiger partial charge >= 0.3 is 5.97 Å². The molecular formula is C10H19NO4S. The Bertz CT molecular complexity index is 361. The summed E-state index contributed by atoms with van der Waals surface area (Å²) in [7, 11) is -2.86. The Morgan fingerprint density at radius 2 is 2.12 bits per heavy atom. The molecule has 16 heavy (non-hydrogen) atoms. The van der Waals surface area contributed by atoms with Gasteiger partial charge in [-0.25, -0.2) is 8.42 Å². The Balaban J connectivity index is 2.30. The lowest BCUT2D eigenvalue weighted by atomic mass is 9.89. The van der Waals surface area contributed by atoms with Gasteiger partial charge in [0.2, 0.25) is 0 Å². The average molecular weight is 249 g/mol. The highest BCUT2D eigenvalue weighted by atomic mass is 32.2. The topological polar surface area (TPSA) is 83.5 Å². The van der Waals surface area contributed by atoms with E-state index < -0.39 is 21.2 Å². The molecule has 1 saturated heterocycles. The van der Waals surface area contributed by atoms with Gasteiger partial charge in [0.25, 0.3) is 0 Å². The molecule has 0 aliphatic carbocycles. The molecule has 0 radical (unpaired) electrons. The number of carboxylic acids is 1. The number of carboxylic acid groups (broad SMARTS) is 1. The Kier molecular flexibility index (Phi) is 3.96. The fourth-order valence-electron chi connectivity index (χ4n) is 1.65. The van der Waals surface area contributed by atoms with Crippen molar-refractivity contribution >= 4 is 15.8 Å². The predicted molar refractivity (Wildman–Crippen MR) is 61.1 cm³/mol. The van der Waals surface area contributed by atoms with Crippen molar-refractivity contribution in [3.05, 3.63) is 0 Å². The van der Waals surface area contributed by atoms with E-state index in [4.69, 9.17) is 5.11 Å². The van der Waals surface area contributed by atoms with Crippen LogP contribution in [0.4, 0.5) is 0 Å². The molecule has 5 nitrogen and oxygen atoms in total. The number of carbonyl (C=O) groups is 1. The smallest absolute Gasteiger partial charge is 0.309 e. The van der Waals surface area contributed by atoms with Gasteiger partial charge in [-0.2, -0.15) is 0 Å². The first-order valence-electron chi connectivity index (χ1n) is 5.40. The molecule has 1 unspecified atom stereocenters. The van der Waals surface area contributed by atoms with Gasteiger partial charge in [0.1, 0.15) is 0 Å². The normalized spacial score (nSPS) is 24.5. The van der Waals surface area contributed by atoms with E-state index in [2.05, 4.69) is 5.32 Å². The van der Waals surface area contributed by atoms with Gasteiger partial charge in [-0.05, 0) is 33.2 Å². The number of hydrogen-bond acceptors (Lipinski definition) is 4. The Morgan fingerprint density at radius 3 is 2.56 bits per heavy atom. The highest BCUT2D eigenvalue weighted by Crippen LogP contribution is 2.20. The van der Waals surface area contributed by atoms with Crippen LogP contribution in [0, 0.1) is 5.41 Å². The maximum atomic E-state index is 11.2. The largest absolute Gasteiger partial charge is 0.481 e. The lowest BCUT2D eigenvalue weighted by molar-refractivity contribution is -0.147. The van der Waals surface area contributed by atoms with E-state index in [1.54, 1.807) is 13.8 Å². The summed E-state index contributed by atoms with van der Waals surface area (Å²) in [5, 5.41) is 12.0. The zero-order chi connectivity index (χ0) is 12.4. The van der Waals surface area contributed by atoms with Gasteiger partial charge in [-0.1, -0.05) is 0 Å². The van der Waals surface area contributed by atoms with Crippen LogP contribution in [0.5, 0.6) is 0 Å². The molecule has 1 fully saturated rings. The molecule has 0 aromatic heterocycles. The summed E-state index contributed by atoms with van der Waals surface area (Å²) in [6, 6.07) is -0.00500. The first kappa shape index (κ1) is 13.4. The molecular weight excluding hydrogens is 230 g/mol. The third-order valence-corrected chi connectivity index (χ3v) is 4.76. The molecule has 1 heterocycles. The van der Waals surface area contributed by atoms with Crippen molar-refractivity contribution < 1.29 is 18.3 Å². The number of hydrogen-bond donors (Lipinski definition) is 2. The molecule has 1 aliphatic heterocycles. The zero-order valence-corrected chi connectivity index (χ0v) is 10.5. The van der Waals surface area contributed by atoms with Crippen LogP contribution in [0.25, 0.3) is 0 Å². The molecule has 1 aliphatic rings. The lowest BCUT2D eigenvalue weighted by Gasteiger charge is -2.20. The second kappa shape index (κ2) is 4.71. The molecule has 0 aromatic rings. The van der Waals surface area contributed by atoms with Gasteiger partial charge in [-0.3, -0.25) is 4.79 Å². The monoisotopic (exact) mass is 249 g/mol. The number of rotatable bonds is 5. The van der Waals surface area contributed by atoms with Gasteiger partial charge in [0.15, 0.2) is 9.84 Å². The van der Waals surface area contributed by atoms with Crippen LogP contribution in [-0.2, 0) is 14.6 Å². The molecule has 1 rings (SSSR count).